The smallest absolute Gasteiger partial charge is 0.0961 e. The summed E-state index contributed by atoms with van der Waals surface area (Å²) in [5.41, 5.74) is 3.34. The molecule has 2 N–H and O–H groups in total. The van der Waals surface area contributed by atoms with Gasteiger partial charge < -0.3 is 19.8 Å². The summed E-state index contributed by atoms with van der Waals surface area (Å²) in [6.45, 7) is 2.46. The summed E-state index contributed by atoms with van der Waals surface area (Å²) in [5, 5.41) is 25.0. The number of benzene rings is 1. The van der Waals surface area contributed by atoms with Gasteiger partial charge in [-0.1, -0.05) is 31.2 Å². The third-order valence-corrected chi connectivity index (χ3v) is 11.6. The Morgan fingerprint density at radius 3 is 2.75 bits per heavy atom. The van der Waals surface area contributed by atoms with Gasteiger partial charge in [-0.3, -0.25) is 4.98 Å². The molecule has 9 atom stereocenters. The Balaban J connectivity index is 1.21. The molecule has 4 aliphatic carbocycles. The molecular formula is C31H36N2O3. The Labute approximate surface area is 212 Å². The van der Waals surface area contributed by atoms with Crippen LogP contribution in [0.2, 0.25) is 0 Å². The van der Waals surface area contributed by atoms with E-state index in [1.807, 2.05) is 26.5 Å². The number of hydrogen-bond acceptors (Lipinski definition) is 5. The molecule has 3 heterocycles. The first-order valence-corrected chi connectivity index (χ1v) is 13.7. The van der Waals surface area contributed by atoms with Crippen LogP contribution < -0.4 is 0 Å². The number of fused-ring (bicyclic) bond motifs is 3. The van der Waals surface area contributed by atoms with Crippen LogP contribution in [-0.4, -0.2) is 63.6 Å². The Kier molecular flexibility index (Phi) is 4.08. The Bertz CT molecular complexity index is 1370. The van der Waals surface area contributed by atoms with E-state index in [0.29, 0.717) is 11.8 Å². The van der Waals surface area contributed by atoms with Gasteiger partial charge in [0, 0.05) is 40.6 Å². The largest absolute Gasteiger partial charge is 0.390 e. The number of pyridine rings is 1. The highest BCUT2D eigenvalue weighted by Gasteiger charge is 2.84. The number of hydrogen-bond donors (Lipinski definition) is 2. The van der Waals surface area contributed by atoms with Gasteiger partial charge in [-0.05, 0) is 92.8 Å². The molecule has 2 saturated heterocycles. The molecule has 6 aliphatic rings. The number of aliphatic hydroxyl groups is 2. The summed E-state index contributed by atoms with van der Waals surface area (Å²) in [4.78, 5) is 6.44. The molecule has 2 saturated carbocycles. The van der Waals surface area contributed by atoms with Gasteiger partial charge in [-0.25, -0.2) is 0 Å². The van der Waals surface area contributed by atoms with Crippen molar-refractivity contribution in [1.29, 1.82) is 0 Å². The summed E-state index contributed by atoms with van der Waals surface area (Å²) < 4.78 is 7.45. The van der Waals surface area contributed by atoms with Crippen molar-refractivity contribution in [3.05, 3.63) is 59.9 Å². The fourth-order valence-corrected chi connectivity index (χ4v) is 9.88. The second kappa shape index (κ2) is 6.68. The quantitative estimate of drug-likeness (QED) is 0.621. The number of allylic oxidation sites excluding steroid dienone is 3. The van der Waals surface area contributed by atoms with Crippen LogP contribution >= 0.6 is 0 Å². The first kappa shape index (κ1) is 22.0. The zero-order valence-electron chi connectivity index (χ0n) is 21.4. The van der Waals surface area contributed by atoms with Crippen LogP contribution in [-0.2, 0) is 4.74 Å². The normalized spacial score (nSPS) is 48.1. The highest BCUT2D eigenvalue weighted by atomic mass is 16.5. The van der Waals surface area contributed by atoms with E-state index < -0.39 is 12.2 Å². The minimum atomic E-state index is -0.725. The van der Waals surface area contributed by atoms with Crippen LogP contribution in [0.4, 0.5) is 0 Å². The monoisotopic (exact) mass is 484 g/mol. The zero-order chi connectivity index (χ0) is 24.7. The fourth-order valence-electron chi connectivity index (χ4n) is 9.88. The highest BCUT2D eigenvalue weighted by molar-refractivity contribution is 5.87. The molecule has 36 heavy (non-hydrogen) atoms. The van der Waals surface area contributed by atoms with Gasteiger partial charge in [0.2, 0.25) is 0 Å². The Morgan fingerprint density at radius 1 is 1.06 bits per heavy atom. The van der Waals surface area contributed by atoms with Gasteiger partial charge in [0.05, 0.1) is 23.4 Å². The summed E-state index contributed by atoms with van der Waals surface area (Å²) in [5.74, 6) is 0.756. The Morgan fingerprint density at radius 2 is 1.92 bits per heavy atom. The van der Waals surface area contributed by atoms with E-state index in [2.05, 4.69) is 53.2 Å². The molecule has 0 amide bonds. The van der Waals surface area contributed by atoms with Gasteiger partial charge in [0.15, 0.2) is 0 Å². The van der Waals surface area contributed by atoms with Crippen LogP contribution in [0.5, 0.6) is 0 Å². The molecule has 3 unspecified atom stereocenters. The second-order valence-corrected chi connectivity index (χ2v) is 13.1. The van der Waals surface area contributed by atoms with E-state index in [4.69, 9.17) is 4.74 Å². The molecule has 2 bridgehead atoms. The molecule has 5 nitrogen and oxygen atoms in total. The second-order valence-electron chi connectivity index (χ2n) is 13.1. The van der Waals surface area contributed by atoms with Crippen LogP contribution in [0.1, 0.15) is 51.0 Å². The van der Waals surface area contributed by atoms with E-state index in [1.54, 1.807) is 0 Å². The highest BCUT2D eigenvalue weighted by Crippen LogP contribution is 2.81. The SMILES string of the molecule is CN(C)[C@H]1C[C@@]23CC[C@@]4(O2)C(=CC[C@]2(C)C(c5ccc6ccncc6c5)=CCC24)C2CC23[C@@H](O)[C@@H]1O. The van der Waals surface area contributed by atoms with Crippen molar-refractivity contribution in [3.63, 3.8) is 0 Å². The first-order chi connectivity index (χ1) is 17.3. The molecule has 2 aromatic rings. The standard InChI is InChI=1S/C31H36N2O3/c1-28-10-8-22-23-15-30(23)27(35)26(34)24(33(2)3)16-29(30)11-12-31(22,36-29)25(28)7-6-21(28)19-5-4-18-9-13-32-17-20(18)14-19/h4-6,8-9,13-14,17,23-27,34-35H,7,10-12,15-16H2,1-3H3/t23?,24-,25?,26+,27-,28+,29+,30?,31+/m0/s1. The molecule has 2 aliphatic heterocycles. The molecular weight excluding hydrogens is 448 g/mol. The van der Waals surface area contributed by atoms with Crippen LogP contribution in [0.25, 0.3) is 16.3 Å². The van der Waals surface area contributed by atoms with E-state index in [1.165, 1.54) is 27.5 Å². The average Bonchev–Trinajstić information content (AvgIpc) is 3.40. The molecule has 5 heteroatoms. The van der Waals surface area contributed by atoms with Crippen molar-refractivity contribution in [2.75, 3.05) is 14.1 Å². The van der Waals surface area contributed by atoms with E-state index >= 15 is 0 Å². The molecule has 1 aromatic heterocycles. The van der Waals surface area contributed by atoms with E-state index in [-0.39, 0.29) is 28.1 Å². The minimum absolute atomic E-state index is 0.0214. The lowest BCUT2D eigenvalue weighted by Crippen LogP contribution is -2.67. The van der Waals surface area contributed by atoms with Crippen LogP contribution in [0.15, 0.2) is 54.4 Å². The predicted octanol–water partition coefficient (Wildman–Crippen LogP) is 4.34. The number of rotatable bonds is 2. The van der Waals surface area contributed by atoms with Crippen LogP contribution in [0.3, 0.4) is 0 Å². The maximum absolute atomic E-state index is 11.5. The minimum Gasteiger partial charge on any atom is -0.390 e. The van der Waals surface area contributed by atoms with Crippen LogP contribution in [0, 0.1) is 22.7 Å². The lowest BCUT2D eigenvalue weighted by molar-refractivity contribution is -0.248. The van der Waals surface area contributed by atoms with E-state index in [0.717, 1.165) is 38.5 Å². The Hall–Kier alpha value is -2.05. The van der Waals surface area contributed by atoms with Crippen molar-refractivity contribution in [1.82, 2.24) is 9.88 Å². The summed E-state index contributed by atoms with van der Waals surface area (Å²) >= 11 is 0. The van der Waals surface area contributed by atoms with Crippen molar-refractivity contribution in [2.24, 2.45) is 22.7 Å². The summed E-state index contributed by atoms with van der Waals surface area (Å²) in [6.07, 6.45) is 13.2. The number of nitrogens with zero attached hydrogens (tertiary/aromatic N) is 2. The molecule has 8 rings (SSSR count). The van der Waals surface area contributed by atoms with E-state index in [9.17, 15) is 10.2 Å². The van der Waals surface area contributed by atoms with Gasteiger partial charge in [-0.2, -0.15) is 0 Å². The topological polar surface area (TPSA) is 65.8 Å². The van der Waals surface area contributed by atoms with Crippen molar-refractivity contribution in [2.45, 2.75) is 74.9 Å². The predicted molar refractivity (Wildman–Crippen MR) is 139 cm³/mol. The molecule has 188 valence electrons. The van der Waals surface area contributed by atoms with Gasteiger partial charge in [0.25, 0.3) is 0 Å². The van der Waals surface area contributed by atoms with Crippen molar-refractivity contribution in [3.8, 4) is 0 Å². The molecule has 4 fully saturated rings. The number of ether oxygens (including phenoxy) is 1. The van der Waals surface area contributed by atoms with Crippen molar-refractivity contribution < 1.29 is 14.9 Å². The zero-order valence-corrected chi connectivity index (χ0v) is 21.4. The maximum atomic E-state index is 11.5. The first-order valence-electron chi connectivity index (χ1n) is 13.7. The maximum Gasteiger partial charge on any atom is 0.0961 e. The lowest BCUT2D eigenvalue weighted by Gasteiger charge is -2.59. The van der Waals surface area contributed by atoms with Gasteiger partial charge in [0.1, 0.15) is 0 Å². The summed E-state index contributed by atoms with van der Waals surface area (Å²) in [7, 11) is 4.03. The fraction of sp³-hybridized carbons (Fsp3) is 0.581. The summed E-state index contributed by atoms with van der Waals surface area (Å²) in [6, 6.07) is 8.81. The molecule has 0 radical (unpaired) electrons. The average molecular weight is 485 g/mol. The van der Waals surface area contributed by atoms with Gasteiger partial charge >= 0.3 is 0 Å². The molecule has 1 aromatic carbocycles. The number of likely N-dealkylation sites (N-methyl/N-ethyl adjacent to an activating group) is 1. The lowest BCUT2D eigenvalue weighted by atomic mass is 9.57. The van der Waals surface area contributed by atoms with Gasteiger partial charge in [-0.15, -0.1) is 0 Å². The molecule has 3 spiro atoms. The number of aromatic nitrogens is 1. The number of aliphatic hydroxyl groups excluding tert-OH is 2. The third-order valence-electron chi connectivity index (χ3n) is 11.6. The van der Waals surface area contributed by atoms with Crippen molar-refractivity contribution >= 4 is 16.3 Å². The third kappa shape index (κ3) is 2.32.